The van der Waals surface area contributed by atoms with Crippen LogP contribution in [0.3, 0.4) is 0 Å². The molecule has 2 fully saturated rings. The fourth-order valence-electron chi connectivity index (χ4n) is 8.84. The molecule has 0 spiro atoms. The third-order valence-electron chi connectivity index (χ3n) is 13.1. The molecule has 3 aliphatic heterocycles. The summed E-state index contributed by atoms with van der Waals surface area (Å²) >= 11 is 0. The van der Waals surface area contributed by atoms with Gasteiger partial charge in [-0.25, -0.2) is 0 Å². The molecule has 15 N–H and O–H groups in total. The van der Waals surface area contributed by atoms with Gasteiger partial charge in [0.1, 0.15) is 18.3 Å². The van der Waals surface area contributed by atoms with E-state index in [9.17, 15) is 65.4 Å². The molecule has 2 amide bonds. The number of esters is 1. The maximum Gasteiger partial charge on any atom is 0.308 e. The fraction of sp³-hybridized carbons (Fsp3) is 0.673. The Morgan fingerprint density at radius 3 is 1.92 bits per heavy atom. The molecule has 73 heavy (non-hydrogen) atoms. The number of ether oxygens (including phenoxy) is 4. The van der Waals surface area contributed by atoms with Gasteiger partial charge in [-0.05, 0) is 40.2 Å². The smallest absolute Gasteiger partial charge is 0.308 e. The summed E-state index contributed by atoms with van der Waals surface area (Å²) in [6.07, 6.45) is 3.47. The number of aliphatic hydroxyl groups excluding tert-OH is 9. The quantitative estimate of drug-likeness (QED) is 0.131. The minimum Gasteiger partial charge on any atom is -0.462 e. The van der Waals surface area contributed by atoms with Crippen molar-refractivity contribution >= 4 is 17.8 Å². The molecule has 414 valence electrons. The van der Waals surface area contributed by atoms with Gasteiger partial charge in [-0.2, -0.15) is 0 Å². The van der Waals surface area contributed by atoms with Gasteiger partial charge in [0.05, 0.1) is 86.0 Å². The Bertz CT molecular complexity index is 1880. The van der Waals surface area contributed by atoms with Crippen molar-refractivity contribution in [1.82, 2.24) is 16.0 Å². The summed E-state index contributed by atoms with van der Waals surface area (Å²) in [7, 11) is 1.55. The second-order valence-electron chi connectivity index (χ2n) is 19.4. The van der Waals surface area contributed by atoms with Crippen LogP contribution in [-0.2, 0) is 33.3 Å². The van der Waals surface area contributed by atoms with E-state index >= 15 is 0 Å². The molecule has 0 unspecified atom stereocenters. The number of rotatable bonds is 8. The molecule has 0 aromatic heterocycles. The molecule has 0 aromatic rings. The van der Waals surface area contributed by atoms with E-state index in [1.165, 1.54) is 6.92 Å². The summed E-state index contributed by atoms with van der Waals surface area (Å²) in [6, 6.07) is -1.22. The minimum absolute atomic E-state index is 0.0377. The number of likely N-dealkylation sites (N-methyl/N-ethyl adjacent to an activating group) is 1. The lowest BCUT2D eigenvalue weighted by Gasteiger charge is -2.46. The first kappa shape index (κ1) is 63.3. The highest BCUT2D eigenvalue weighted by molar-refractivity contribution is 5.80. The van der Waals surface area contributed by atoms with Crippen LogP contribution in [0.25, 0.3) is 0 Å². The zero-order chi connectivity index (χ0) is 54.3. The van der Waals surface area contributed by atoms with Crippen molar-refractivity contribution in [2.45, 2.75) is 177 Å². The molecule has 3 heterocycles. The average molecular weight is 1040 g/mol. The molecule has 21 nitrogen and oxygen atoms in total. The normalized spacial score (nSPS) is 38.6. The van der Waals surface area contributed by atoms with Crippen LogP contribution in [0.15, 0.2) is 85.1 Å². The second-order valence-corrected chi connectivity index (χ2v) is 19.4. The van der Waals surface area contributed by atoms with E-state index in [0.717, 1.165) is 0 Å². The molecule has 0 aliphatic carbocycles. The van der Waals surface area contributed by atoms with E-state index < -0.39 is 153 Å². The van der Waals surface area contributed by atoms with Crippen molar-refractivity contribution < 1.29 is 84.4 Å². The van der Waals surface area contributed by atoms with E-state index in [4.69, 9.17) is 24.7 Å². The van der Waals surface area contributed by atoms with Gasteiger partial charge in [0, 0.05) is 50.6 Å². The summed E-state index contributed by atoms with van der Waals surface area (Å²) in [6.45, 7) is 6.73. The highest BCUT2D eigenvalue weighted by Gasteiger charge is 2.51. The van der Waals surface area contributed by atoms with Crippen molar-refractivity contribution in [2.24, 2.45) is 23.5 Å². The Morgan fingerprint density at radius 1 is 0.712 bits per heavy atom. The molecule has 0 saturated carbocycles. The molecule has 21 heteroatoms. The third-order valence-corrected chi connectivity index (χ3v) is 13.1. The monoisotopic (exact) mass is 1040 g/mol. The van der Waals surface area contributed by atoms with Crippen molar-refractivity contribution in [3.05, 3.63) is 85.1 Å². The number of cyclic esters (lactones) is 1. The number of nitrogens with two attached hydrogens (primary N) is 1. The third kappa shape index (κ3) is 22.0. The lowest BCUT2D eigenvalue weighted by molar-refractivity contribution is -0.307. The summed E-state index contributed by atoms with van der Waals surface area (Å²) in [5, 5.41) is 119. The number of carbonyl (C=O) groups is 3. The van der Waals surface area contributed by atoms with Crippen LogP contribution in [0, 0.1) is 17.8 Å². The number of aliphatic hydroxyl groups is 10. The van der Waals surface area contributed by atoms with E-state index in [-0.39, 0.29) is 51.2 Å². The first-order chi connectivity index (χ1) is 34.6. The zero-order valence-corrected chi connectivity index (χ0v) is 42.7. The summed E-state index contributed by atoms with van der Waals surface area (Å²) in [4.78, 5) is 38.9. The van der Waals surface area contributed by atoms with Gasteiger partial charge in [-0.1, -0.05) is 98.9 Å². The van der Waals surface area contributed by atoms with Crippen molar-refractivity contribution in [2.75, 3.05) is 26.7 Å². The summed E-state index contributed by atoms with van der Waals surface area (Å²) in [5.41, 5.74) is 5.65. The van der Waals surface area contributed by atoms with Crippen LogP contribution >= 0.6 is 0 Å². The molecule has 0 aromatic carbocycles. The molecule has 2 bridgehead atoms. The van der Waals surface area contributed by atoms with E-state index in [0.29, 0.717) is 0 Å². The number of fused-ring (bicyclic) bond motifs is 2. The zero-order valence-electron chi connectivity index (χ0n) is 42.7. The first-order valence-corrected chi connectivity index (χ1v) is 25.2. The number of amides is 2. The molecule has 3 rings (SSSR count). The SMILES string of the molecule is CNCC(=O)N[C@@H]1[C@H](O)[C@H](O[C@H]2C=CC=CC=CC=CC=CC=CC=C[C@H](C)[C@@H](O)[C@@H](C)[C@H](C)OC(=O)C[C@H](O)C[C@H](O)CC[C@@H](O)[C@H](O)C[C@H](O)C[C@]3(O)C[C@H](O)[C@@H](C(=O)NCCN)[C@H](C2)O3)O[C@H](C)[C@H]1O. The summed E-state index contributed by atoms with van der Waals surface area (Å²) < 4.78 is 23.9. The van der Waals surface area contributed by atoms with Crippen LogP contribution in [0.5, 0.6) is 0 Å². The Balaban J connectivity index is 1.96. The number of hydrogen-bond acceptors (Lipinski definition) is 19. The molecule has 3 aliphatic rings. The van der Waals surface area contributed by atoms with Gasteiger partial charge in [-0.3, -0.25) is 14.4 Å². The maximum atomic E-state index is 13.6. The Kier molecular flexibility index (Phi) is 28.1. The second kappa shape index (κ2) is 32.4. The molecule has 0 radical (unpaired) electrons. The highest BCUT2D eigenvalue weighted by Crippen LogP contribution is 2.38. The van der Waals surface area contributed by atoms with Gasteiger partial charge < -0.3 is 91.7 Å². The number of nitrogens with one attached hydrogen (secondary N) is 3. The van der Waals surface area contributed by atoms with Crippen molar-refractivity contribution in [3.63, 3.8) is 0 Å². The predicted molar refractivity (Wildman–Crippen MR) is 269 cm³/mol. The lowest BCUT2D eigenvalue weighted by Crippen LogP contribution is -2.64. The van der Waals surface area contributed by atoms with Gasteiger partial charge in [0.2, 0.25) is 11.8 Å². The minimum atomic E-state index is -2.31. The standard InChI is InChI=1S/C52H84N4O17/c1-31-18-16-14-12-10-8-6-7-9-11-13-15-17-19-38(72-51-49(67)46(48(66)34(4)71-51)56-43(63)30-54-5)27-42-45(50(68)55-23-22-53)41(62)29-52(69,73-42)28-37(59)25-40(61)39(60)21-20-35(57)24-36(58)26-44(64)70-33(3)32(2)47(31)65/h6-19,31-42,45-49,51,54,57-62,65-67,69H,20-30,53H2,1-5H3,(H,55,68)(H,56,63)/t31-,32-,33-,34+,35+,36+,37-,38-,39+,40+,41-,42-,45+,46-,47+,48+,49-,51-,52+/m0/s1. The number of carbonyl (C=O) groups excluding carboxylic acids is 3. The molecule has 19 atom stereocenters. The van der Waals surface area contributed by atoms with Crippen LogP contribution in [0.2, 0.25) is 0 Å². The number of hydrogen-bond donors (Lipinski definition) is 14. The lowest BCUT2D eigenvalue weighted by atomic mass is 9.82. The molecular formula is C52H84N4O17. The van der Waals surface area contributed by atoms with Crippen molar-refractivity contribution in [1.29, 1.82) is 0 Å². The predicted octanol–water partition coefficient (Wildman–Crippen LogP) is -0.921. The van der Waals surface area contributed by atoms with Crippen LogP contribution in [0.1, 0.15) is 79.1 Å². The topological polar surface area (TPSA) is 353 Å². The van der Waals surface area contributed by atoms with E-state index in [1.807, 2.05) is 25.2 Å². The largest absolute Gasteiger partial charge is 0.462 e. The van der Waals surface area contributed by atoms with E-state index in [2.05, 4.69) is 16.0 Å². The van der Waals surface area contributed by atoms with Gasteiger partial charge >= 0.3 is 5.97 Å². The Hall–Kier alpha value is -4.01. The van der Waals surface area contributed by atoms with E-state index in [1.54, 1.807) is 87.7 Å². The Labute approximate surface area is 428 Å². The van der Waals surface area contributed by atoms with Gasteiger partial charge in [-0.15, -0.1) is 0 Å². The summed E-state index contributed by atoms with van der Waals surface area (Å²) in [5.74, 6) is -6.31. The molecule has 2 saturated heterocycles. The maximum absolute atomic E-state index is 13.6. The van der Waals surface area contributed by atoms with Crippen LogP contribution in [0.4, 0.5) is 0 Å². The molecular weight excluding hydrogens is 953 g/mol. The average Bonchev–Trinajstić information content (AvgIpc) is 3.31. The van der Waals surface area contributed by atoms with Crippen LogP contribution < -0.4 is 21.7 Å². The van der Waals surface area contributed by atoms with Crippen molar-refractivity contribution in [3.8, 4) is 0 Å². The van der Waals surface area contributed by atoms with Crippen LogP contribution in [-0.4, -0.2) is 193 Å². The first-order valence-electron chi connectivity index (χ1n) is 25.2. The van der Waals surface area contributed by atoms with Gasteiger partial charge in [0.25, 0.3) is 0 Å². The fourth-order valence-corrected chi connectivity index (χ4v) is 8.84. The van der Waals surface area contributed by atoms with Gasteiger partial charge in [0.15, 0.2) is 12.1 Å². The highest BCUT2D eigenvalue weighted by atomic mass is 16.7. The number of allylic oxidation sites excluding steroid dienone is 12. The Morgan fingerprint density at radius 2 is 1.32 bits per heavy atom.